The van der Waals surface area contributed by atoms with Crippen molar-refractivity contribution in [2.45, 2.75) is 19.5 Å². The van der Waals surface area contributed by atoms with Gasteiger partial charge in [0.05, 0.1) is 18.7 Å². The molecule has 3 rings (SSSR count). The fraction of sp³-hybridized carbons (Fsp3) is 0.471. The molecule has 1 N–H and O–H groups in total. The summed E-state index contributed by atoms with van der Waals surface area (Å²) in [4.78, 5) is 6.88. The molecule has 4 heteroatoms. The highest BCUT2D eigenvalue weighted by molar-refractivity contribution is 5.81. The highest BCUT2D eigenvalue weighted by Gasteiger charge is 2.13. The van der Waals surface area contributed by atoms with Gasteiger partial charge in [-0.25, -0.2) is 0 Å². The van der Waals surface area contributed by atoms with Gasteiger partial charge in [-0.2, -0.15) is 0 Å². The quantitative estimate of drug-likeness (QED) is 0.912. The summed E-state index contributed by atoms with van der Waals surface area (Å²) in [5.74, 6) is 0. The Bertz CT molecular complexity index is 576. The van der Waals surface area contributed by atoms with Crippen molar-refractivity contribution in [3.63, 3.8) is 0 Å². The number of hydrogen-bond donors (Lipinski definition) is 1. The summed E-state index contributed by atoms with van der Waals surface area (Å²) in [6, 6.07) is 10.9. The average molecular weight is 285 g/mol. The maximum atomic E-state index is 5.39. The van der Waals surface area contributed by atoms with Gasteiger partial charge in [0, 0.05) is 43.8 Å². The van der Waals surface area contributed by atoms with E-state index in [1.54, 1.807) is 0 Å². The topological polar surface area (TPSA) is 37.4 Å². The fourth-order valence-corrected chi connectivity index (χ4v) is 2.84. The van der Waals surface area contributed by atoms with Crippen LogP contribution in [0.15, 0.2) is 36.5 Å². The number of nitrogens with one attached hydrogen (secondary N) is 1. The van der Waals surface area contributed by atoms with Crippen LogP contribution in [-0.4, -0.2) is 48.8 Å². The molecule has 0 aliphatic carbocycles. The van der Waals surface area contributed by atoms with Crippen LogP contribution in [0.25, 0.3) is 10.9 Å². The van der Waals surface area contributed by atoms with Gasteiger partial charge in [0.2, 0.25) is 0 Å². The molecule has 2 heterocycles. The van der Waals surface area contributed by atoms with Gasteiger partial charge in [0.15, 0.2) is 0 Å². The lowest BCUT2D eigenvalue weighted by Crippen LogP contribution is -2.44. The molecule has 1 aliphatic rings. The van der Waals surface area contributed by atoms with Gasteiger partial charge < -0.3 is 10.1 Å². The SMILES string of the molecule is CC(CN1CCOCC1)NCc1cccc2ncccc12. The van der Waals surface area contributed by atoms with E-state index in [-0.39, 0.29) is 0 Å². The first-order chi connectivity index (χ1) is 10.3. The molecule has 0 saturated carbocycles. The Balaban J connectivity index is 1.58. The van der Waals surface area contributed by atoms with Crippen LogP contribution in [0.4, 0.5) is 0 Å². The van der Waals surface area contributed by atoms with E-state index >= 15 is 0 Å². The van der Waals surface area contributed by atoms with Crippen molar-refractivity contribution in [3.8, 4) is 0 Å². The van der Waals surface area contributed by atoms with Crippen molar-refractivity contribution in [3.05, 3.63) is 42.1 Å². The van der Waals surface area contributed by atoms with Crippen LogP contribution in [-0.2, 0) is 11.3 Å². The Morgan fingerprint density at radius 1 is 1.24 bits per heavy atom. The molecular weight excluding hydrogens is 262 g/mol. The number of aromatic nitrogens is 1. The normalized spacial score (nSPS) is 18.0. The van der Waals surface area contributed by atoms with Crippen LogP contribution in [0.5, 0.6) is 0 Å². The standard InChI is InChI=1S/C17H23N3O/c1-14(13-20-8-10-21-11-9-20)19-12-15-4-2-6-17-16(15)5-3-7-18-17/h2-7,14,19H,8-13H2,1H3. The molecule has 21 heavy (non-hydrogen) atoms. The lowest BCUT2D eigenvalue weighted by atomic mass is 10.1. The average Bonchev–Trinajstić information content (AvgIpc) is 2.54. The van der Waals surface area contributed by atoms with Crippen molar-refractivity contribution in [2.24, 2.45) is 0 Å². The van der Waals surface area contributed by atoms with Crippen LogP contribution >= 0.6 is 0 Å². The van der Waals surface area contributed by atoms with Gasteiger partial charge in [-0.3, -0.25) is 9.88 Å². The summed E-state index contributed by atoms with van der Waals surface area (Å²) < 4.78 is 5.39. The second-order valence-electron chi connectivity index (χ2n) is 5.68. The summed E-state index contributed by atoms with van der Waals surface area (Å²) in [5, 5.41) is 4.87. The molecule has 1 aliphatic heterocycles. The Labute approximate surface area is 126 Å². The molecule has 1 fully saturated rings. The Hall–Kier alpha value is -1.49. The molecule has 0 spiro atoms. The monoisotopic (exact) mass is 285 g/mol. The van der Waals surface area contributed by atoms with Gasteiger partial charge in [-0.15, -0.1) is 0 Å². The van der Waals surface area contributed by atoms with Gasteiger partial charge in [0.25, 0.3) is 0 Å². The maximum absolute atomic E-state index is 5.39. The zero-order valence-corrected chi connectivity index (χ0v) is 12.6. The number of morpholine rings is 1. The minimum Gasteiger partial charge on any atom is -0.379 e. The third-order valence-electron chi connectivity index (χ3n) is 4.01. The van der Waals surface area contributed by atoms with Crippen molar-refractivity contribution < 1.29 is 4.74 Å². The van der Waals surface area contributed by atoms with Gasteiger partial charge in [-0.1, -0.05) is 18.2 Å². The zero-order chi connectivity index (χ0) is 14.5. The third kappa shape index (κ3) is 3.79. The van der Waals surface area contributed by atoms with Gasteiger partial charge >= 0.3 is 0 Å². The lowest BCUT2D eigenvalue weighted by molar-refractivity contribution is 0.0343. The number of benzene rings is 1. The first-order valence-electron chi connectivity index (χ1n) is 7.69. The van der Waals surface area contributed by atoms with E-state index in [2.05, 4.69) is 46.4 Å². The summed E-state index contributed by atoms with van der Waals surface area (Å²) in [6.45, 7) is 8.03. The predicted octanol–water partition coefficient (Wildman–Crippen LogP) is 2.05. The Morgan fingerprint density at radius 3 is 2.95 bits per heavy atom. The number of fused-ring (bicyclic) bond motifs is 1. The van der Waals surface area contributed by atoms with Crippen LogP contribution in [0.1, 0.15) is 12.5 Å². The molecule has 1 unspecified atom stereocenters. The summed E-state index contributed by atoms with van der Waals surface area (Å²) in [7, 11) is 0. The maximum Gasteiger partial charge on any atom is 0.0705 e. The highest BCUT2D eigenvalue weighted by atomic mass is 16.5. The zero-order valence-electron chi connectivity index (χ0n) is 12.6. The van der Waals surface area contributed by atoms with E-state index in [1.807, 2.05) is 12.3 Å². The van der Waals surface area contributed by atoms with Crippen LogP contribution in [0, 0.1) is 0 Å². The molecule has 1 aromatic heterocycles. The first kappa shape index (κ1) is 14.4. The van der Waals surface area contributed by atoms with Crippen molar-refractivity contribution in [2.75, 3.05) is 32.8 Å². The van der Waals surface area contributed by atoms with Crippen molar-refractivity contribution >= 4 is 10.9 Å². The van der Waals surface area contributed by atoms with Gasteiger partial charge in [-0.05, 0) is 24.6 Å². The second-order valence-corrected chi connectivity index (χ2v) is 5.68. The summed E-state index contributed by atoms with van der Waals surface area (Å²) in [5.41, 5.74) is 2.38. The lowest BCUT2D eigenvalue weighted by Gasteiger charge is -2.29. The predicted molar refractivity (Wildman–Crippen MR) is 85.3 cm³/mol. The molecule has 1 saturated heterocycles. The Morgan fingerprint density at radius 2 is 2.10 bits per heavy atom. The largest absolute Gasteiger partial charge is 0.379 e. The molecule has 0 amide bonds. The van der Waals surface area contributed by atoms with Crippen LogP contribution in [0.2, 0.25) is 0 Å². The number of ether oxygens (including phenoxy) is 1. The molecule has 112 valence electrons. The van der Waals surface area contributed by atoms with Crippen LogP contribution in [0.3, 0.4) is 0 Å². The third-order valence-corrected chi connectivity index (χ3v) is 4.01. The van der Waals surface area contributed by atoms with Crippen molar-refractivity contribution in [1.29, 1.82) is 0 Å². The molecule has 1 aromatic carbocycles. The number of nitrogens with zero attached hydrogens (tertiary/aromatic N) is 2. The summed E-state index contributed by atoms with van der Waals surface area (Å²) in [6.07, 6.45) is 1.85. The molecular formula is C17H23N3O. The van der Waals surface area contributed by atoms with E-state index in [0.29, 0.717) is 6.04 Å². The van der Waals surface area contributed by atoms with E-state index in [0.717, 1.165) is 44.9 Å². The Kier molecular flexibility index (Phi) is 4.80. The van der Waals surface area contributed by atoms with Crippen LogP contribution < -0.4 is 5.32 Å². The van der Waals surface area contributed by atoms with E-state index in [9.17, 15) is 0 Å². The van der Waals surface area contributed by atoms with E-state index in [4.69, 9.17) is 4.74 Å². The first-order valence-corrected chi connectivity index (χ1v) is 7.69. The highest BCUT2D eigenvalue weighted by Crippen LogP contribution is 2.16. The number of hydrogen-bond acceptors (Lipinski definition) is 4. The molecule has 2 aromatic rings. The molecule has 4 nitrogen and oxygen atoms in total. The molecule has 1 atom stereocenters. The van der Waals surface area contributed by atoms with E-state index in [1.165, 1.54) is 10.9 Å². The molecule has 0 radical (unpaired) electrons. The molecule has 0 bridgehead atoms. The fourth-order valence-electron chi connectivity index (χ4n) is 2.84. The summed E-state index contributed by atoms with van der Waals surface area (Å²) >= 11 is 0. The second kappa shape index (κ2) is 6.98. The van der Waals surface area contributed by atoms with Crippen molar-refractivity contribution in [1.82, 2.24) is 15.2 Å². The van der Waals surface area contributed by atoms with E-state index < -0.39 is 0 Å². The van der Waals surface area contributed by atoms with Gasteiger partial charge in [0.1, 0.15) is 0 Å². The number of rotatable bonds is 5. The minimum absolute atomic E-state index is 0.468. The smallest absolute Gasteiger partial charge is 0.0705 e. The minimum atomic E-state index is 0.468. The number of pyridine rings is 1.